The summed E-state index contributed by atoms with van der Waals surface area (Å²) in [6.07, 6.45) is 0. The third kappa shape index (κ3) is 2.95. The Balaban J connectivity index is 2.37. The van der Waals surface area contributed by atoms with Gasteiger partial charge in [0, 0.05) is 12.6 Å². The first kappa shape index (κ1) is 14.0. The van der Waals surface area contributed by atoms with E-state index in [2.05, 4.69) is 0 Å². The minimum atomic E-state index is -0.439. The lowest BCUT2D eigenvalue weighted by molar-refractivity contribution is -0.385. The van der Waals surface area contributed by atoms with Crippen LogP contribution in [0.2, 0.25) is 0 Å². The highest BCUT2D eigenvalue weighted by molar-refractivity contribution is 5.51. The Bertz CT molecular complexity index is 654. The van der Waals surface area contributed by atoms with E-state index in [1.165, 1.54) is 6.07 Å². The van der Waals surface area contributed by atoms with Crippen molar-refractivity contribution < 1.29 is 9.66 Å². The van der Waals surface area contributed by atoms with Crippen LogP contribution in [0.5, 0.6) is 11.5 Å². The molecule has 0 aliphatic heterocycles. The zero-order chi connectivity index (χ0) is 14.7. The fraction of sp³-hybridized carbons (Fsp3) is 0.200. The third-order valence-electron chi connectivity index (χ3n) is 3.01. The first-order valence-electron chi connectivity index (χ1n) is 6.23. The van der Waals surface area contributed by atoms with E-state index in [4.69, 9.17) is 10.5 Å². The van der Waals surface area contributed by atoms with Gasteiger partial charge in [-0.05, 0) is 42.7 Å². The Morgan fingerprint density at radius 1 is 1.15 bits per heavy atom. The number of benzene rings is 2. The largest absolute Gasteiger partial charge is 0.450 e. The molecule has 5 nitrogen and oxygen atoms in total. The van der Waals surface area contributed by atoms with E-state index in [-0.39, 0.29) is 11.4 Å². The van der Waals surface area contributed by atoms with Crippen molar-refractivity contribution in [2.75, 3.05) is 0 Å². The normalized spacial score (nSPS) is 10.3. The number of hydrogen-bond donors (Lipinski definition) is 1. The number of rotatable bonds is 4. The average molecular weight is 272 g/mol. The summed E-state index contributed by atoms with van der Waals surface area (Å²) in [5.41, 5.74) is 8.24. The van der Waals surface area contributed by atoms with E-state index in [1.807, 2.05) is 19.1 Å². The van der Waals surface area contributed by atoms with Gasteiger partial charge in [0.2, 0.25) is 5.75 Å². The standard InChI is InChI=1S/C15H16N2O3/c1-10-3-5-15(13(7-10)17(18)19)20-14-6-4-12(9-16)8-11(14)2/h3-8H,9,16H2,1-2H3. The molecule has 2 rings (SSSR count). The highest BCUT2D eigenvalue weighted by atomic mass is 16.6. The highest BCUT2D eigenvalue weighted by Crippen LogP contribution is 2.33. The molecule has 0 atom stereocenters. The van der Waals surface area contributed by atoms with Gasteiger partial charge < -0.3 is 10.5 Å². The Kier molecular flexibility index (Phi) is 4.00. The van der Waals surface area contributed by atoms with Crippen molar-refractivity contribution in [3.05, 3.63) is 63.2 Å². The van der Waals surface area contributed by atoms with Gasteiger partial charge in [-0.15, -0.1) is 0 Å². The van der Waals surface area contributed by atoms with E-state index in [0.717, 1.165) is 16.7 Å². The summed E-state index contributed by atoms with van der Waals surface area (Å²) < 4.78 is 5.67. The van der Waals surface area contributed by atoms with Crippen LogP contribution in [0.15, 0.2) is 36.4 Å². The molecular formula is C15H16N2O3. The maximum absolute atomic E-state index is 11.1. The summed E-state index contributed by atoms with van der Waals surface area (Å²) >= 11 is 0. The Morgan fingerprint density at radius 2 is 1.85 bits per heavy atom. The number of nitrogens with two attached hydrogens (primary N) is 1. The molecular weight excluding hydrogens is 256 g/mol. The van der Waals surface area contributed by atoms with Crippen molar-refractivity contribution in [1.82, 2.24) is 0 Å². The number of hydrogen-bond acceptors (Lipinski definition) is 4. The Labute approximate surface area is 117 Å². The molecule has 0 heterocycles. The van der Waals surface area contributed by atoms with Crippen molar-refractivity contribution in [3.8, 4) is 11.5 Å². The molecule has 0 spiro atoms. The van der Waals surface area contributed by atoms with Crippen molar-refractivity contribution in [1.29, 1.82) is 0 Å². The van der Waals surface area contributed by atoms with Crippen LogP contribution in [0.3, 0.4) is 0 Å². The molecule has 0 aliphatic rings. The fourth-order valence-electron chi connectivity index (χ4n) is 1.93. The number of ether oxygens (including phenoxy) is 1. The highest BCUT2D eigenvalue weighted by Gasteiger charge is 2.16. The predicted octanol–water partition coefficient (Wildman–Crippen LogP) is 3.46. The summed E-state index contributed by atoms with van der Waals surface area (Å²) in [6, 6.07) is 10.4. The quantitative estimate of drug-likeness (QED) is 0.682. The van der Waals surface area contributed by atoms with Gasteiger partial charge in [-0.2, -0.15) is 0 Å². The zero-order valence-corrected chi connectivity index (χ0v) is 11.4. The van der Waals surface area contributed by atoms with Crippen LogP contribution in [0.1, 0.15) is 16.7 Å². The first-order chi connectivity index (χ1) is 9.51. The van der Waals surface area contributed by atoms with Crippen molar-refractivity contribution in [2.24, 2.45) is 5.73 Å². The lowest BCUT2D eigenvalue weighted by Crippen LogP contribution is -1.98. The number of aryl methyl sites for hydroxylation is 2. The van der Waals surface area contributed by atoms with E-state index < -0.39 is 4.92 Å². The molecule has 0 fully saturated rings. The molecule has 104 valence electrons. The van der Waals surface area contributed by atoms with Gasteiger partial charge in [0.1, 0.15) is 5.75 Å². The molecule has 2 aromatic carbocycles. The van der Waals surface area contributed by atoms with Crippen LogP contribution in [-0.2, 0) is 6.54 Å². The van der Waals surface area contributed by atoms with E-state index in [1.54, 1.807) is 25.1 Å². The molecule has 20 heavy (non-hydrogen) atoms. The second-order valence-electron chi connectivity index (χ2n) is 4.63. The second-order valence-corrected chi connectivity index (χ2v) is 4.63. The Morgan fingerprint density at radius 3 is 2.45 bits per heavy atom. The van der Waals surface area contributed by atoms with Gasteiger partial charge in [-0.1, -0.05) is 18.2 Å². The van der Waals surface area contributed by atoms with Crippen molar-refractivity contribution >= 4 is 5.69 Å². The van der Waals surface area contributed by atoms with E-state index in [0.29, 0.717) is 12.3 Å². The average Bonchev–Trinajstić information content (AvgIpc) is 2.42. The van der Waals surface area contributed by atoms with Crippen LogP contribution in [0.4, 0.5) is 5.69 Å². The van der Waals surface area contributed by atoms with Crippen molar-refractivity contribution in [2.45, 2.75) is 20.4 Å². The summed E-state index contributed by atoms with van der Waals surface area (Å²) in [4.78, 5) is 10.6. The third-order valence-corrected chi connectivity index (χ3v) is 3.01. The van der Waals surface area contributed by atoms with Gasteiger partial charge in [0.15, 0.2) is 0 Å². The molecule has 0 radical (unpaired) electrons. The molecule has 0 aromatic heterocycles. The molecule has 0 amide bonds. The van der Waals surface area contributed by atoms with Gasteiger partial charge in [0.25, 0.3) is 0 Å². The van der Waals surface area contributed by atoms with Gasteiger partial charge in [-0.25, -0.2) is 0 Å². The molecule has 2 aromatic rings. The smallest absolute Gasteiger partial charge is 0.311 e. The topological polar surface area (TPSA) is 78.4 Å². The Hall–Kier alpha value is -2.40. The van der Waals surface area contributed by atoms with Crippen LogP contribution in [0.25, 0.3) is 0 Å². The monoisotopic (exact) mass is 272 g/mol. The lowest BCUT2D eigenvalue weighted by Gasteiger charge is -2.10. The maximum atomic E-state index is 11.1. The van der Waals surface area contributed by atoms with Crippen LogP contribution in [0, 0.1) is 24.0 Å². The van der Waals surface area contributed by atoms with Crippen molar-refractivity contribution in [3.63, 3.8) is 0 Å². The van der Waals surface area contributed by atoms with Crippen LogP contribution < -0.4 is 10.5 Å². The molecule has 0 bridgehead atoms. The summed E-state index contributed by atoms with van der Waals surface area (Å²) in [5, 5.41) is 11.1. The van der Waals surface area contributed by atoms with Gasteiger partial charge in [0.05, 0.1) is 4.92 Å². The number of nitro benzene ring substituents is 1. The lowest BCUT2D eigenvalue weighted by atomic mass is 10.1. The molecule has 0 saturated heterocycles. The molecule has 2 N–H and O–H groups in total. The molecule has 5 heteroatoms. The number of nitro groups is 1. The first-order valence-corrected chi connectivity index (χ1v) is 6.23. The number of nitrogens with zero attached hydrogens (tertiary/aromatic N) is 1. The van der Waals surface area contributed by atoms with E-state index in [9.17, 15) is 10.1 Å². The van der Waals surface area contributed by atoms with E-state index >= 15 is 0 Å². The van der Waals surface area contributed by atoms with Crippen LogP contribution >= 0.6 is 0 Å². The molecule has 0 aliphatic carbocycles. The van der Waals surface area contributed by atoms with Gasteiger partial charge in [-0.3, -0.25) is 10.1 Å². The maximum Gasteiger partial charge on any atom is 0.311 e. The second kappa shape index (κ2) is 5.71. The summed E-state index contributed by atoms with van der Waals surface area (Å²) in [5.74, 6) is 0.832. The SMILES string of the molecule is Cc1ccc(Oc2ccc(CN)cc2C)c([N+](=O)[O-])c1. The molecule has 0 unspecified atom stereocenters. The summed E-state index contributed by atoms with van der Waals surface area (Å²) in [7, 11) is 0. The predicted molar refractivity (Wildman–Crippen MR) is 77.0 cm³/mol. The summed E-state index contributed by atoms with van der Waals surface area (Å²) in [6.45, 7) is 4.14. The minimum Gasteiger partial charge on any atom is -0.450 e. The zero-order valence-electron chi connectivity index (χ0n) is 11.4. The molecule has 0 saturated carbocycles. The fourth-order valence-corrected chi connectivity index (χ4v) is 1.93. The minimum absolute atomic E-state index is 0.0349. The van der Waals surface area contributed by atoms with Gasteiger partial charge >= 0.3 is 5.69 Å². The van der Waals surface area contributed by atoms with Crippen LogP contribution in [-0.4, -0.2) is 4.92 Å².